The fourth-order valence-electron chi connectivity index (χ4n) is 2.98. The number of β-amino-alcohol motifs (C(OH)–C–C–N with tert-alkyl or cyclic N) is 1. The zero-order valence-electron chi connectivity index (χ0n) is 13.6. The Hall–Kier alpha value is -2.93. The summed E-state index contributed by atoms with van der Waals surface area (Å²) < 4.78 is 5.36. The summed E-state index contributed by atoms with van der Waals surface area (Å²) in [6.07, 6.45) is 1.00. The van der Waals surface area contributed by atoms with Crippen molar-refractivity contribution in [2.75, 3.05) is 6.54 Å². The summed E-state index contributed by atoms with van der Waals surface area (Å²) in [7, 11) is 0. The van der Waals surface area contributed by atoms with Gasteiger partial charge >= 0.3 is 0 Å². The fraction of sp³-hybridized carbons (Fsp3) is 0.278. The normalized spacial score (nSPS) is 19.8. The molecule has 1 aliphatic heterocycles. The van der Waals surface area contributed by atoms with Crippen molar-refractivity contribution in [2.24, 2.45) is 0 Å². The first kappa shape index (κ1) is 15.6. The number of amides is 1. The van der Waals surface area contributed by atoms with Crippen LogP contribution in [-0.2, 0) is 6.42 Å². The van der Waals surface area contributed by atoms with Crippen LogP contribution in [0.1, 0.15) is 28.9 Å². The van der Waals surface area contributed by atoms with E-state index in [4.69, 9.17) is 4.42 Å². The van der Waals surface area contributed by atoms with Crippen LogP contribution < -0.4 is 5.56 Å². The molecule has 0 aliphatic carbocycles. The Bertz CT molecular complexity index is 1010. The van der Waals surface area contributed by atoms with Crippen LogP contribution in [0, 0.1) is 0 Å². The topological polar surface area (TPSA) is 99.4 Å². The number of likely N-dealkylation sites (tertiary alicyclic amines) is 1. The Morgan fingerprint density at radius 2 is 2.24 bits per heavy atom. The second kappa shape index (κ2) is 5.86. The van der Waals surface area contributed by atoms with E-state index < -0.39 is 6.10 Å². The highest BCUT2D eigenvalue weighted by atomic mass is 16.3. The van der Waals surface area contributed by atoms with Crippen LogP contribution in [0.4, 0.5) is 0 Å². The molecule has 0 unspecified atom stereocenters. The Morgan fingerprint density at radius 1 is 1.44 bits per heavy atom. The standard InChI is InChI=1S/C18H17N3O4/c1-10-15(22)8-21(10)18(24)14-9-25-16(19-14)7-12-6-11-4-2-3-5-13(11)20-17(12)23/h2-6,9-10,15,22H,7-8H2,1H3,(H,20,23)/t10-,15-/m0/s1. The highest BCUT2D eigenvalue weighted by Crippen LogP contribution is 2.21. The third-order valence-electron chi connectivity index (χ3n) is 4.64. The minimum Gasteiger partial charge on any atom is -0.448 e. The van der Waals surface area contributed by atoms with Gasteiger partial charge in [0.15, 0.2) is 11.6 Å². The third kappa shape index (κ3) is 2.72. The van der Waals surface area contributed by atoms with Crippen molar-refractivity contribution in [3.8, 4) is 0 Å². The van der Waals surface area contributed by atoms with Gasteiger partial charge in [0.25, 0.3) is 11.5 Å². The summed E-state index contributed by atoms with van der Waals surface area (Å²) in [6.45, 7) is 2.08. The van der Waals surface area contributed by atoms with Crippen molar-refractivity contribution in [3.63, 3.8) is 0 Å². The first-order chi connectivity index (χ1) is 12.0. The largest absolute Gasteiger partial charge is 0.448 e. The SMILES string of the molecule is C[C@H]1[C@@H](O)CN1C(=O)c1coc(Cc2cc3ccccc3[nH]c2=O)n1. The van der Waals surface area contributed by atoms with Gasteiger partial charge in [0.05, 0.1) is 18.6 Å². The molecule has 0 spiro atoms. The van der Waals surface area contributed by atoms with Gasteiger partial charge in [-0.1, -0.05) is 18.2 Å². The number of carbonyl (C=O) groups is 1. The van der Waals surface area contributed by atoms with Crippen LogP contribution in [0.3, 0.4) is 0 Å². The first-order valence-electron chi connectivity index (χ1n) is 8.07. The predicted molar refractivity (Wildman–Crippen MR) is 90.4 cm³/mol. The number of carbonyl (C=O) groups excluding carboxylic acids is 1. The van der Waals surface area contributed by atoms with Crippen LogP contribution in [-0.4, -0.2) is 44.6 Å². The molecule has 7 heteroatoms. The number of oxazole rings is 1. The molecular formula is C18H17N3O4. The van der Waals surface area contributed by atoms with E-state index in [1.54, 1.807) is 13.0 Å². The number of hydrogen-bond donors (Lipinski definition) is 2. The molecule has 7 nitrogen and oxygen atoms in total. The summed E-state index contributed by atoms with van der Waals surface area (Å²) in [5.74, 6) is 0.0260. The molecule has 3 heterocycles. The van der Waals surface area contributed by atoms with E-state index in [2.05, 4.69) is 9.97 Å². The quantitative estimate of drug-likeness (QED) is 0.749. The van der Waals surface area contributed by atoms with Gasteiger partial charge in [0.2, 0.25) is 0 Å². The van der Waals surface area contributed by atoms with Gasteiger partial charge in [-0.05, 0) is 24.4 Å². The number of aliphatic hydroxyl groups is 1. The maximum atomic E-state index is 12.3. The number of para-hydroxylation sites is 1. The maximum Gasteiger partial charge on any atom is 0.276 e. The number of pyridine rings is 1. The molecular weight excluding hydrogens is 322 g/mol. The van der Waals surface area contributed by atoms with E-state index in [9.17, 15) is 14.7 Å². The summed E-state index contributed by atoms with van der Waals surface area (Å²) >= 11 is 0. The van der Waals surface area contributed by atoms with E-state index in [0.29, 0.717) is 18.0 Å². The van der Waals surface area contributed by atoms with Crippen molar-refractivity contribution >= 4 is 16.8 Å². The molecule has 1 amide bonds. The average molecular weight is 339 g/mol. The Labute approximate surface area is 142 Å². The van der Waals surface area contributed by atoms with Crippen LogP contribution in [0.15, 0.2) is 45.8 Å². The van der Waals surface area contributed by atoms with E-state index in [0.717, 1.165) is 10.9 Å². The Kier molecular flexibility index (Phi) is 3.65. The van der Waals surface area contributed by atoms with Crippen molar-refractivity contribution in [1.82, 2.24) is 14.9 Å². The highest BCUT2D eigenvalue weighted by Gasteiger charge is 2.38. The highest BCUT2D eigenvalue weighted by molar-refractivity contribution is 5.93. The fourth-order valence-corrected chi connectivity index (χ4v) is 2.98. The van der Waals surface area contributed by atoms with E-state index in [-0.39, 0.29) is 29.6 Å². The molecule has 0 radical (unpaired) electrons. The number of fused-ring (bicyclic) bond motifs is 1. The molecule has 2 aromatic heterocycles. The first-order valence-corrected chi connectivity index (χ1v) is 8.07. The molecule has 1 aromatic carbocycles. The lowest BCUT2D eigenvalue weighted by Crippen LogP contribution is -2.60. The minimum absolute atomic E-state index is 0.186. The zero-order chi connectivity index (χ0) is 17.6. The van der Waals surface area contributed by atoms with Crippen molar-refractivity contribution < 1.29 is 14.3 Å². The molecule has 1 fully saturated rings. The van der Waals surface area contributed by atoms with Crippen LogP contribution in [0.5, 0.6) is 0 Å². The van der Waals surface area contributed by atoms with Gasteiger partial charge in [-0.3, -0.25) is 9.59 Å². The lowest BCUT2D eigenvalue weighted by Gasteiger charge is -2.42. The summed E-state index contributed by atoms with van der Waals surface area (Å²) in [5, 5.41) is 10.4. The number of nitrogens with zero attached hydrogens (tertiary/aromatic N) is 2. The summed E-state index contributed by atoms with van der Waals surface area (Å²) in [6, 6.07) is 9.08. The van der Waals surface area contributed by atoms with Crippen LogP contribution >= 0.6 is 0 Å². The van der Waals surface area contributed by atoms with E-state index in [1.165, 1.54) is 11.2 Å². The number of nitrogens with one attached hydrogen (secondary N) is 1. The third-order valence-corrected chi connectivity index (χ3v) is 4.64. The van der Waals surface area contributed by atoms with Crippen LogP contribution in [0.25, 0.3) is 10.9 Å². The van der Waals surface area contributed by atoms with Gasteiger partial charge in [0.1, 0.15) is 6.26 Å². The smallest absolute Gasteiger partial charge is 0.276 e. The lowest BCUT2D eigenvalue weighted by atomic mass is 10.0. The Balaban J connectivity index is 1.56. The van der Waals surface area contributed by atoms with Crippen LogP contribution in [0.2, 0.25) is 0 Å². The molecule has 4 rings (SSSR count). The monoisotopic (exact) mass is 339 g/mol. The van der Waals surface area contributed by atoms with E-state index in [1.807, 2.05) is 24.3 Å². The van der Waals surface area contributed by atoms with Gasteiger partial charge in [-0.15, -0.1) is 0 Å². The Morgan fingerprint density at radius 3 is 3.00 bits per heavy atom. The van der Waals surface area contributed by atoms with Crippen molar-refractivity contribution in [2.45, 2.75) is 25.5 Å². The zero-order valence-corrected chi connectivity index (χ0v) is 13.6. The average Bonchev–Trinajstić information content (AvgIpc) is 3.08. The number of aliphatic hydroxyl groups excluding tert-OH is 1. The molecule has 0 bridgehead atoms. The number of H-pyrrole nitrogens is 1. The maximum absolute atomic E-state index is 12.3. The summed E-state index contributed by atoms with van der Waals surface area (Å²) in [4.78, 5) is 33.1. The minimum atomic E-state index is -0.494. The molecule has 25 heavy (non-hydrogen) atoms. The molecule has 3 aromatic rings. The molecule has 0 saturated carbocycles. The molecule has 2 atom stereocenters. The predicted octanol–water partition coefficient (Wildman–Crippen LogP) is 1.31. The number of aromatic nitrogens is 2. The van der Waals surface area contributed by atoms with Crippen molar-refractivity contribution in [3.05, 3.63) is 64.1 Å². The number of aromatic amines is 1. The van der Waals surface area contributed by atoms with Gasteiger partial charge in [0, 0.05) is 17.6 Å². The lowest BCUT2D eigenvalue weighted by molar-refractivity contribution is -0.0360. The number of hydrogen-bond acceptors (Lipinski definition) is 5. The molecule has 1 saturated heterocycles. The van der Waals surface area contributed by atoms with Gasteiger partial charge < -0.3 is 19.4 Å². The van der Waals surface area contributed by atoms with E-state index >= 15 is 0 Å². The van der Waals surface area contributed by atoms with Gasteiger partial charge in [-0.2, -0.15) is 0 Å². The molecule has 2 N–H and O–H groups in total. The molecule has 128 valence electrons. The van der Waals surface area contributed by atoms with Crippen molar-refractivity contribution in [1.29, 1.82) is 0 Å². The van der Waals surface area contributed by atoms with Gasteiger partial charge in [-0.25, -0.2) is 4.98 Å². The molecule has 1 aliphatic rings. The second-order valence-corrected chi connectivity index (χ2v) is 6.28. The second-order valence-electron chi connectivity index (χ2n) is 6.28. The number of benzene rings is 1. The summed E-state index contributed by atoms with van der Waals surface area (Å²) in [5.41, 5.74) is 1.27. The number of rotatable bonds is 3.